The van der Waals surface area contributed by atoms with Crippen LogP contribution in [0.1, 0.15) is 53.9 Å². The van der Waals surface area contributed by atoms with Crippen LogP contribution in [0.15, 0.2) is 0 Å². The lowest BCUT2D eigenvalue weighted by molar-refractivity contribution is 0.199. The molecule has 0 aromatic carbocycles. The second-order valence-corrected chi connectivity index (χ2v) is 6.15. The van der Waals surface area contributed by atoms with Gasteiger partial charge in [0.05, 0.1) is 0 Å². The van der Waals surface area contributed by atoms with Crippen LogP contribution in [0.25, 0.3) is 0 Å². The topological polar surface area (TPSA) is 15.3 Å². The lowest BCUT2D eigenvalue weighted by Crippen LogP contribution is -2.44. The van der Waals surface area contributed by atoms with E-state index in [1.807, 2.05) is 0 Å². The van der Waals surface area contributed by atoms with Crippen LogP contribution in [0.4, 0.5) is 0 Å². The van der Waals surface area contributed by atoms with Crippen LogP contribution in [-0.2, 0) is 0 Å². The van der Waals surface area contributed by atoms with Gasteiger partial charge in [0.1, 0.15) is 0 Å². The first kappa shape index (κ1) is 14.0. The van der Waals surface area contributed by atoms with Crippen LogP contribution < -0.4 is 5.32 Å². The number of hydrogen-bond donors (Lipinski definition) is 1. The third-order valence-electron chi connectivity index (χ3n) is 4.07. The summed E-state index contributed by atoms with van der Waals surface area (Å²) < 4.78 is 0. The van der Waals surface area contributed by atoms with Crippen LogP contribution in [0.2, 0.25) is 0 Å². The maximum Gasteiger partial charge on any atom is 0.0123 e. The van der Waals surface area contributed by atoms with Crippen LogP contribution in [0.3, 0.4) is 0 Å². The summed E-state index contributed by atoms with van der Waals surface area (Å²) in [6.45, 7) is 15.2. The van der Waals surface area contributed by atoms with Gasteiger partial charge in [-0.25, -0.2) is 0 Å². The van der Waals surface area contributed by atoms with Gasteiger partial charge in [-0.15, -0.1) is 0 Å². The second-order valence-electron chi connectivity index (χ2n) is 6.15. The summed E-state index contributed by atoms with van der Waals surface area (Å²) in [5.41, 5.74) is 0.299. The molecular formula is C14H30N2. The molecule has 1 aliphatic heterocycles. The summed E-state index contributed by atoms with van der Waals surface area (Å²) in [5.74, 6) is 0.807. The Hall–Kier alpha value is -0.0800. The standard InChI is InChI=1S/C14H30N2/c1-6-14(4,5)15-9-11-16-10-7-8-13(16)12(2)3/h12-13,15H,6-11H2,1-5H3. The van der Waals surface area contributed by atoms with E-state index in [4.69, 9.17) is 0 Å². The highest BCUT2D eigenvalue weighted by Gasteiger charge is 2.26. The molecule has 16 heavy (non-hydrogen) atoms. The third kappa shape index (κ3) is 4.06. The van der Waals surface area contributed by atoms with Crippen molar-refractivity contribution in [2.75, 3.05) is 19.6 Å². The van der Waals surface area contributed by atoms with Gasteiger partial charge in [-0.05, 0) is 45.6 Å². The predicted octanol–water partition coefficient (Wildman–Crippen LogP) is 2.89. The highest BCUT2D eigenvalue weighted by molar-refractivity contribution is 4.83. The zero-order valence-corrected chi connectivity index (χ0v) is 11.8. The Kier molecular flexibility index (Phi) is 5.26. The van der Waals surface area contributed by atoms with E-state index in [1.54, 1.807) is 0 Å². The number of likely N-dealkylation sites (tertiary alicyclic amines) is 1. The van der Waals surface area contributed by atoms with E-state index in [0.717, 1.165) is 18.5 Å². The van der Waals surface area contributed by atoms with E-state index in [2.05, 4.69) is 44.8 Å². The van der Waals surface area contributed by atoms with E-state index in [0.29, 0.717) is 5.54 Å². The quantitative estimate of drug-likeness (QED) is 0.749. The smallest absolute Gasteiger partial charge is 0.0123 e. The van der Waals surface area contributed by atoms with Crippen LogP contribution >= 0.6 is 0 Å². The summed E-state index contributed by atoms with van der Waals surface area (Å²) in [5, 5.41) is 3.65. The first-order chi connectivity index (χ1) is 7.46. The summed E-state index contributed by atoms with van der Waals surface area (Å²) in [7, 11) is 0. The molecule has 0 amide bonds. The van der Waals surface area contributed by atoms with Crippen molar-refractivity contribution in [3.05, 3.63) is 0 Å². The molecule has 2 nitrogen and oxygen atoms in total. The number of rotatable bonds is 6. The van der Waals surface area contributed by atoms with Crippen molar-refractivity contribution in [1.29, 1.82) is 0 Å². The Labute approximate surface area is 102 Å². The van der Waals surface area contributed by atoms with Crippen LogP contribution in [-0.4, -0.2) is 36.1 Å². The molecule has 1 saturated heterocycles. The number of nitrogens with one attached hydrogen (secondary N) is 1. The number of hydrogen-bond acceptors (Lipinski definition) is 2. The molecule has 0 spiro atoms. The van der Waals surface area contributed by atoms with Gasteiger partial charge in [0.25, 0.3) is 0 Å². The summed E-state index contributed by atoms with van der Waals surface area (Å²) in [6.07, 6.45) is 3.98. The molecule has 1 fully saturated rings. The molecule has 1 unspecified atom stereocenters. The lowest BCUT2D eigenvalue weighted by Gasteiger charge is -2.30. The van der Waals surface area contributed by atoms with E-state index in [1.165, 1.54) is 32.4 Å². The Morgan fingerprint density at radius 1 is 1.38 bits per heavy atom. The van der Waals surface area contributed by atoms with E-state index < -0.39 is 0 Å². The fraction of sp³-hybridized carbons (Fsp3) is 1.00. The number of nitrogens with zero attached hydrogens (tertiary/aromatic N) is 1. The first-order valence-electron chi connectivity index (χ1n) is 6.95. The van der Waals surface area contributed by atoms with Crippen molar-refractivity contribution in [2.24, 2.45) is 5.92 Å². The molecule has 0 aromatic heterocycles. The van der Waals surface area contributed by atoms with Gasteiger partial charge in [-0.3, -0.25) is 4.90 Å². The second kappa shape index (κ2) is 6.02. The molecule has 0 radical (unpaired) electrons. The average Bonchev–Trinajstić information content (AvgIpc) is 2.66. The first-order valence-corrected chi connectivity index (χ1v) is 6.95. The minimum atomic E-state index is 0.299. The molecular weight excluding hydrogens is 196 g/mol. The summed E-state index contributed by atoms with van der Waals surface area (Å²) >= 11 is 0. The molecule has 1 rings (SSSR count). The molecule has 2 heteroatoms. The molecule has 1 N–H and O–H groups in total. The Morgan fingerprint density at radius 2 is 2.06 bits per heavy atom. The van der Waals surface area contributed by atoms with Crippen LogP contribution in [0.5, 0.6) is 0 Å². The maximum atomic E-state index is 3.65. The van der Waals surface area contributed by atoms with E-state index in [9.17, 15) is 0 Å². The minimum Gasteiger partial charge on any atom is -0.311 e. The van der Waals surface area contributed by atoms with E-state index in [-0.39, 0.29) is 0 Å². The molecule has 0 saturated carbocycles. The third-order valence-corrected chi connectivity index (χ3v) is 4.07. The summed E-state index contributed by atoms with van der Waals surface area (Å²) in [6, 6.07) is 0.825. The highest BCUT2D eigenvalue weighted by atomic mass is 15.2. The molecule has 1 aliphatic rings. The van der Waals surface area contributed by atoms with Crippen molar-refractivity contribution in [2.45, 2.75) is 65.5 Å². The normalized spacial score (nSPS) is 23.2. The Balaban J connectivity index is 2.27. The molecule has 1 heterocycles. The van der Waals surface area contributed by atoms with Crippen molar-refractivity contribution in [1.82, 2.24) is 10.2 Å². The molecule has 1 atom stereocenters. The predicted molar refractivity (Wildman–Crippen MR) is 71.8 cm³/mol. The zero-order valence-electron chi connectivity index (χ0n) is 11.8. The monoisotopic (exact) mass is 226 g/mol. The molecule has 0 aromatic rings. The van der Waals surface area contributed by atoms with Gasteiger partial charge in [0.2, 0.25) is 0 Å². The Morgan fingerprint density at radius 3 is 2.62 bits per heavy atom. The van der Waals surface area contributed by atoms with Crippen molar-refractivity contribution in [3.63, 3.8) is 0 Å². The minimum absolute atomic E-state index is 0.299. The lowest BCUT2D eigenvalue weighted by atomic mass is 10.0. The molecule has 96 valence electrons. The van der Waals surface area contributed by atoms with Gasteiger partial charge in [-0.1, -0.05) is 20.8 Å². The van der Waals surface area contributed by atoms with Crippen molar-refractivity contribution >= 4 is 0 Å². The van der Waals surface area contributed by atoms with Crippen molar-refractivity contribution in [3.8, 4) is 0 Å². The van der Waals surface area contributed by atoms with Gasteiger partial charge in [0.15, 0.2) is 0 Å². The molecule has 0 bridgehead atoms. The van der Waals surface area contributed by atoms with Gasteiger partial charge >= 0.3 is 0 Å². The largest absolute Gasteiger partial charge is 0.311 e. The van der Waals surface area contributed by atoms with Crippen molar-refractivity contribution < 1.29 is 0 Å². The van der Waals surface area contributed by atoms with Gasteiger partial charge in [-0.2, -0.15) is 0 Å². The van der Waals surface area contributed by atoms with Gasteiger partial charge < -0.3 is 5.32 Å². The van der Waals surface area contributed by atoms with Gasteiger partial charge in [0, 0.05) is 24.7 Å². The van der Waals surface area contributed by atoms with E-state index >= 15 is 0 Å². The Bertz CT molecular complexity index is 199. The molecule has 0 aliphatic carbocycles. The van der Waals surface area contributed by atoms with Crippen LogP contribution in [0, 0.1) is 5.92 Å². The maximum absolute atomic E-state index is 3.65. The average molecular weight is 226 g/mol. The summed E-state index contributed by atoms with van der Waals surface area (Å²) in [4.78, 5) is 2.67. The fourth-order valence-electron chi connectivity index (χ4n) is 2.55. The SMILES string of the molecule is CCC(C)(C)NCCN1CCCC1C(C)C. The highest BCUT2D eigenvalue weighted by Crippen LogP contribution is 2.22. The fourth-order valence-corrected chi connectivity index (χ4v) is 2.55. The zero-order chi connectivity index (χ0) is 12.2.